The smallest absolute Gasteiger partial charge is 0.130 e. The number of aryl methyl sites for hydroxylation is 2. The fraction of sp³-hybridized carbons (Fsp3) is 0.222. The van der Waals surface area contributed by atoms with Crippen LogP contribution in [0.5, 0.6) is 0 Å². The van der Waals surface area contributed by atoms with Crippen LogP contribution in [0, 0.1) is 19.3 Å². The number of nitrogens with zero attached hydrogens (tertiary/aromatic N) is 1. The number of hydrogen-bond acceptors (Lipinski definition) is 2. The maximum Gasteiger partial charge on any atom is 0.130 e. The summed E-state index contributed by atoms with van der Waals surface area (Å²) in [7, 11) is 0. The van der Waals surface area contributed by atoms with Gasteiger partial charge < -0.3 is 5.73 Å². The van der Waals surface area contributed by atoms with E-state index in [1.54, 1.807) is 10.6 Å². The minimum absolute atomic E-state index is 0.366. The second kappa shape index (κ2) is 2.85. The largest absolute Gasteiger partial charge is 0.385 e. The van der Waals surface area contributed by atoms with Crippen molar-refractivity contribution in [3.8, 4) is 0 Å². The fourth-order valence-electron chi connectivity index (χ4n) is 0.991. The van der Waals surface area contributed by atoms with E-state index in [9.17, 15) is 0 Å². The van der Waals surface area contributed by atoms with Crippen molar-refractivity contribution in [3.05, 3.63) is 35.5 Å². The molecule has 1 heterocycles. The molecule has 1 aromatic heterocycles. The summed E-state index contributed by atoms with van der Waals surface area (Å²) in [5, 5.41) is 7.56. The van der Waals surface area contributed by atoms with E-state index >= 15 is 0 Å². The summed E-state index contributed by atoms with van der Waals surface area (Å²) in [6, 6.07) is 1.77. The van der Waals surface area contributed by atoms with Gasteiger partial charge >= 0.3 is 0 Å². The molecule has 1 rings (SSSR count). The van der Waals surface area contributed by atoms with Gasteiger partial charge in [0.25, 0.3) is 0 Å². The standard InChI is InChI=1S/C9H13N3/c1-6-4-9(11)12(8(3)10)5-7(6)2/h4-5,11H,3,10H2,1-2H3. The molecule has 0 fully saturated rings. The summed E-state index contributed by atoms with van der Waals surface area (Å²) < 4.78 is 1.56. The van der Waals surface area contributed by atoms with Crippen LogP contribution in [0.1, 0.15) is 11.1 Å². The third-order valence-electron chi connectivity index (χ3n) is 1.87. The molecule has 64 valence electrons. The average molecular weight is 163 g/mol. The summed E-state index contributed by atoms with van der Waals surface area (Å²) in [5.74, 6) is 0.378. The molecule has 0 unspecified atom stereocenters. The molecule has 3 nitrogen and oxygen atoms in total. The third-order valence-corrected chi connectivity index (χ3v) is 1.87. The topological polar surface area (TPSA) is 54.8 Å². The number of aromatic nitrogens is 1. The molecule has 0 amide bonds. The molecule has 0 aliphatic rings. The lowest BCUT2D eigenvalue weighted by atomic mass is 10.2. The van der Waals surface area contributed by atoms with Crippen molar-refractivity contribution in [2.75, 3.05) is 0 Å². The Bertz CT molecular complexity index is 374. The van der Waals surface area contributed by atoms with E-state index < -0.39 is 0 Å². The highest BCUT2D eigenvalue weighted by molar-refractivity contribution is 5.37. The van der Waals surface area contributed by atoms with E-state index in [1.807, 2.05) is 20.0 Å². The Morgan fingerprint density at radius 2 is 2.08 bits per heavy atom. The molecule has 0 aromatic carbocycles. The first-order valence-electron chi connectivity index (χ1n) is 3.71. The van der Waals surface area contributed by atoms with Crippen molar-refractivity contribution < 1.29 is 0 Å². The van der Waals surface area contributed by atoms with Gasteiger partial charge in [-0.3, -0.25) is 9.98 Å². The quantitative estimate of drug-likeness (QED) is 0.636. The maximum atomic E-state index is 7.56. The van der Waals surface area contributed by atoms with Crippen LogP contribution < -0.4 is 11.2 Å². The minimum Gasteiger partial charge on any atom is -0.385 e. The molecule has 3 N–H and O–H groups in total. The summed E-state index contributed by atoms with van der Waals surface area (Å²) in [5.41, 5.74) is 8.05. The molecular formula is C9H13N3. The van der Waals surface area contributed by atoms with Crippen LogP contribution >= 0.6 is 0 Å². The maximum absolute atomic E-state index is 7.56. The van der Waals surface area contributed by atoms with E-state index in [0.29, 0.717) is 11.3 Å². The van der Waals surface area contributed by atoms with Crippen molar-refractivity contribution in [3.63, 3.8) is 0 Å². The van der Waals surface area contributed by atoms with Gasteiger partial charge in [-0.2, -0.15) is 0 Å². The van der Waals surface area contributed by atoms with Crippen molar-refractivity contribution >= 4 is 5.82 Å². The van der Waals surface area contributed by atoms with Gasteiger partial charge in [-0.05, 0) is 31.0 Å². The van der Waals surface area contributed by atoms with E-state index in [-0.39, 0.29) is 0 Å². The van der Waals surface area contributed by atoms with Gasteiger partial charge in [-0.25, -0.2) is 0 Å². The van der Waals surface area contributed by atoms with Crippen LogP contribution in [-0.4, -0.2) is 4.57 Å². The Balaban J connectivity index is 3.43. The predicted octanol–water partition coefficient (Wildman–Crippen LogP) is 0.971. The number of hydrogen-bond donors (Lipinski definition) is 2. The fourth-order valence-corrected chi connectivity index (χ4v) is 0.991. The minimum atomic E-state index is 0.366. The highest BCUT2D eigenvalue weighted by Crippen LogP contribution is 2.02. The third kappa shape index (κ3) is 1.39. The molecule has 0 saturated heterocycles. The van der Waals surface area contributed by atoms with Crippen molar-refractivity contribution in [2.24, 2.45) is 5.73 Å². The highest BCUT2D eigenvalue weighted by atomic mass is 15.1. The van der Waals surface area contributed by atoms with Gasteiger partial charge in [0.2, 0.25) is 0 Å². The molecule has 0 aliphatic carbocycles. The van der Waals surface area contributed by atoms with Crippen LogP contribution in [0.2, 0.25) is 0 Å². The predicted molar refractivity (Wildman–Crippen MR) is 49.3 cm³/mol. The lowest BCUT2D eigenvalue weighted by Gasteiger charge is -2.08. The number of rotatable bonds is 1. The van der Waals surface area contributed by atoms with Crippen LogP contribution in [0.3, 0.4) is 0 Å². The average Bonchev–Trinajstić information content (AvgIpc) is 1.96. The first kappa shape index (κ1) is 8.59. The molecule has 0 saturated carbocycles. The first-order chi connectivity index (χ1) is 5.52. The Hall–Kier alpha value is -1.51. The van der Waals surface area contributed by atoms with Crippen molar-refractivity contribution in [1.82, 2.24) is 4.57 Å². The highest BCUT2D eigenvalue weighted by Gasteiger charge is 1.97. The summed E-state index contributed by atoms with van der Waals surface area (Å²) in [6.07, 6.45) is 1.82. The molecule has 0 radical (unpaired) electrons. The van der Waals surface area contributed by atoms with Gasteiger partial charge in [0.05, 0.1) is 0 Å². The second-order valence-electron chi connectivity index (χ2n) is 2.89. The molecule has 0 aliphatic heterocycles. The van der Waals surface area contributed by atoms with Crippen LogP contribution in [0.4, 0.5) is 0 Å². The van der Waals surface area contributed by atoms with Crippen LogP contribution in [0.25, 0.3) is 5.82 Å². The Morgan fingerprint density at radius 1 is 1.50 bits per heavy atom. The zero-order valence-electron chi connectivity index (χ0n) is 7.39. The van der Waals surface area contributed by atoms with E-state index in [0.717, 1.165) is 11.1 Å². The van der Waals surface area contributed by atoms with Gasteiger partial charge in [0.15, 0.2) is 0 Å². The van der Waals surface area contributed by atoms with Crippen molar-refractivity contribution in [2.45, 2.75) is 13.8 Å². The van der Waals surface area contributed by atoms with E-state index in [2.05, 4.69) is 6.58 Å². The van der Waals surface area contributed by atoms with E-state index in [1.165, 1.54) is 0 Å². The molecule has 3 heteroatoms. The molecular weight excluding hydrogens is 150 g/mol. The molecule has 1 aromatic rings. The number of pyridine rings is 1. The molecule has 0 bridgehead atoms. The van der Waals surface area contributed by atoms with Crippen molar-refractivity contribution in [1.29, 1.82) is 5.41 Å². The normalized spacial score (nSPS) is 9.83. The zero-order chi connectivity index (χ0) is 9.30. The summed E-state index contributed by atoms with van der Waals surface area (Å²) >= 11 is 0. The van der Waals surface area contributed by atoms with Gasteiger partial charge in [-0.1, -0.05) is 6.58 Å². The summed E-state index contributed by atoms with van der Waals surface area (Å²) in [4.78, 5) is 0. The van der Waals surface area contributed by atoms with Gasteiger partial charge in [-0.15, -0.1) is 0 Å². The second-order valence-corrected chi connectivity index (χ2v) is 2.89. The van der Waals surface area contributed by atoms with Gasteiger partial charge in [0.1, 0.15) is 11.3 Å². The lowest BCUT2D eigenvalue weighted by Crippen LogP contribution is -2.22. The SMILES string of the molecule is C=C(N)n1cc(C)c(C)cc1=N. The van der Waals surface area contributed by atoms with Gasteiger partial charge in [0, 0.05) is 6.20 Å². The first-order valence-corrected chi connectivity index (χ1v) is 3.71. The Labute approximate surface area is 71.7 Å². The monoisotopic (exact) mass is 163 g/mol. The lowest BCUT2D eigenvalue weighted by molar-refractivity contribution is 0.914. The molecule has 0 atom stereocenters. The Kier molecular flexibility index (Phi) is 2.04. The van der Waals surface area contributed by atoms with Crippen LogP contribution in [0.15, 0.2) is 18.8 Å². The number of nitrogens with two attached hydrogens (primary N) is 1. The molecule has 0 spiro atoms. The Morgan fingerprint density at radius 3 is 2.58 bits per heavy atom. The number of nitrogens with one attached hydrogen (secondary N) is 1. The zero-order valence-corrected chi connectivity index (χ0v) is 7.39. The summed E-state index contributed by atoms with van der Waals surface area (Å²) in [6.45, 7) is 7.53. The van der Waals surface area contributed by atoms with E-state index in [4.69, 9.17) is 11.1 Å². The van der Waals surface area contributed by atoms with Crippen LogP contribution in [-0.2, 0) is 0 Å². The molecule has 12 heavy (non-hydrogen) atoms.